The number of aromatic nitrogens is 3. The Morgan fingerprint density at radius 2 is 1.94 bits per heavy atom. The molecule has 2 aliphatic heterocycles. The summed E-state index contributed by atoms with van der Waals surface area (Å²) in [5.74, 6) is -5.93. The lowest BCUT2D eigenvalue weighted by molar-refractivity contribution is 0.101. The smallest absolute Gasteiger partial charge is 0.276 e. The molecule has 1 fully saturated rings. The van der Waals surface area contributed by atoms with Crippen LogP contribution in [-0.2, 0) is 17.1 Å². The SMILES string of the molecule is Cn1cc2c(c1C(=O)Nc1cc(F)c(F)c(F)c1)OC[C@@H]1CN(c3nccc(=O)[nH]3)C[C@@H]1NS2(=O)=O. The number of ether oxygens (including phenoxy) is 1. The van der Waals surface area contributed by atoms with Gasteiger partial charge in [-0.05, 0) is 0 Å². The van der Waals surface area contributed by atoms with Crippen molar-refractivity contribution in [2.45, 2.75) is 10.9 Å². The summed E-state index contributed by atoms with van der Waals surface area (Å²) in [7, 11) is -2.75. The lowest BCUT2D eigenvalue weighted by Gasteiger charge is -2.23. The number of anilines is 2. The molecule has 1 saturated heterocycles. The van der Waals surface area contributed by atoms with Crippen LogP contribution in [0.3, 0.4) is 0 Å². The first-order valence-corrected chi connectivity index (χ1v) is 12.1. The second-order valence-corrected chi connectivity index (χ2v) is 10.1. The summed E-state index contributed by atoms with van der Waals surface area (Å²) in [5, 5.41) is 2.24. The third-order valence-corrected chi connectivity index (χ3v) is 7.48. The fourth-order valence-corrected chi connectivity index (χ4v) is 5.80. The maximum absolute atomic E-state index is 13.6. The average Bonchev–Trinajstić information content (AvgIpc) is 3.35. The molecule has 2 aromatic heterocycles. The number of rotatable bonds is 3. The second kappa shape index (κ2) is 8.67. The van der Waals surface area contributed by atoms with Gasteiger partial charge in [0, 0.05) is 68.4 Å². The summed E-state index contributed by atoms with van der Waals surface area (Å²) < 4.78 is 76.5. The van der Waals surface area contributed by atoms with Crippen molar-refractivity contribution in [1.29, 1.82) is 0 Å². The highest BCUT2D eigenvalue weighted by atomic mass is 32.2. The number of carbonyl (C=O) groups is 1. The van der Waals surface area contributed by atoms with E-state index in [9.17, 15) is 31.2 Å². The summed E-state index contributed by atoms with van der Waals surface area (Å²) in [6.45, 7) is 0.535. The van der Waals surface area contributed by atoms with Crippen molar-refractivity contribution < 1.29 is 31.1 Å². The topological polar surface area (TPSA) is 138 Å². The van der Waals surface area contributed by atoms with Gasteiger partial charge in [-0.3, -0.25) is 14.6 Å². The van der Waals surface area contributed by atoms with Gasteiger partial charge in [-0.1, -0.05) is 0 Å². The highest BCUT2D eigenvalue weighted by molar-refractivity contribution is 7.89. The molecule has 1 aromatic carbocycles. The molecule has 15 heteroatoms. The fourth-order valence-electron chi connectivity index (χ4n) is 4.31. The monoisotopic (exact) mass is 524 g/mol. The predicted octanol–water partition coefficient (Wildman–Crippen LogP) is 0.954. The molecule has 190 valence electrons. The molecule has 3 aromatic rings. The molecule has 0 spiro atoms. The number of fused-ring (bicyclic) bond motifs is 2. The van der Waals surface area contributed by atoms with Crippen LogP contribution in [0.25, 0.3) is 0 Å². The Kier molecular flexibility index (Phi) is 5.75. The van der Waals surface area contributed by atoms with Gasteiger partial charge < -0.3 is 19.5 Å². The van der Waals surface area contributed by atoms with Crippen LogP contribution in [0.2, 0.25) is 0 Å². The summed E-state index contributed by atoms with van der Waals surface area (Å²) in [6, 6.07) is 1.88. The Morgan fingerprint density at radius 1 is 1.22 bits per heavy atom. The molecule has 2 aliphatic rings. The van der Waals surface area contributed by atoms with Crippen LogP contribution in [0.4, 0.5) is 24.8 Å². The minimum Gasteiger partial charge on any atom is -0.489 e. The van der Waals surface area contributed by atoms with E-state index in [4.69, 9.17) is 4.74 Å². The Bertz CT molecular complexity index is 1520. The van der Waals surface area contributed by atoms with Crippen molar-refractivity contribution in [3.63, 3.8) is 0 Å². The van der Waals surface area contributed by atoms with E-state index in [1.165, 1.54) is 30.1 Å². The van der Waals surface area contributed by atoms with E-state index in [1.54, 1.807) is 4.90 Å². The molecule has 3 N–H and O–H groups in total. The van der Waals surface area contributed by atoms with E-state index < -0.39 is 39.4 Å². The number of sulfonamides is 1. The third-order valence-electron chi connectivity index (χ3n) is 6.00. The van der Waals surface area contributed by atoms with E-state index in [1.807, 2.05) is 0 Å². The maximum atomic E-state index is 13.6. The quantitative estimate of drug-likeness (QED) is 0.434. The molecule has 0 saturated carbocycles. The summed E-state index contributed by atoms with van der Waals surface area (Å²) >= 11 is 0. The van der Waals surface area contributed by atoms with Gasteiger partial charge in [0.2, 0.25) is 16.0 Å². The molecule has 1 amide bonds. The van der Waals surface area contributed by atoms with E-state index in [0.29, 0.717) is 18.7 Å². The summed E-state index contributed by atoms with van der Waals surface area (Å²) in [5.41, 5.74) is -0.942. The van der Waals surface area contributed by atoms with Crippen molar-refractivity contribution in [1.82, 2.24) is 19.3 Å². The standard InChI is InChI=1S/C21H19F3N6O5S/c1-29-8-15-19(18(29)20(32)26-11-4-12(22)17(24)13(23)5-11)35-9-10-6-30(7-14(10)28-36(15,33)34)21-25-3-2-16(31)27-21/h2-5,8,10,14,28H,6-7,9H2,1H3,(H,26,32)(H,25,27,31)/t10-,14-/m0/s1. The Balaban J connectivity index is 1.44. The van der Waals surface area contributed by atoms with Crippen LogP contribution in [0.1, 0.15) is 10.5 Å². The van der Waals surface area contributed by atoms with Crippen molar-refractivity contribution >= 4 is 27.6 Å². The highest BCUT2D eigenvalue weighted by Crippen LogP contribution is 2.35. The van der Waals surface area contributed by atoms with Crippen LogP contribution in [-0.4, -0.2) is 54.6 Å². The van der Waals surface area contributed by atoms with E-state index in [0.717, 1.165) is 0 Å². The first-order chi connectivity index (χ1) is 17.0. The highest BCUT2D eigenvalue weighted by Gasteiger charge is 2.41. The van der Waals surface area contributed by atoms with Crippen LogP contribution in [0, 0.1) is 23.4 Å². The van der Waals surface area contributed by atoms with Gasteiger partial charge in [0.05, 0.1) is 6.61 Å². The number of halogens is 3. The van der Waals surface area contributed by atoms with Crippen LogP contribution in [0.5, 0.6) is 5.75 Å². The number of carbonyl (C=O) groups excluding carboxylic acids is 1. The number of hydrogen-bond donors (Lipinski definition) is 3. The molecule has 5 rings (SSSR count). The lowest BCUT2D eigenvalue weighted by Crippen LogP contribution is -2.43. The minimum absolute atomic E-state index is 0.0118. The number of nitrogens with one attached hydrogen (secondary N) is 3. The summed E-state index contributed by atoms with van der Waals surface area (Å²) in [4.78, 5) is 32.7. The van der Waals surface area contributed by atoms with Gasteiger partial charge in [0.1, 0.15) is 4.90 Å². The average molecular weight is 524 g/mol. The van der Waals surface area contributed by atoms with Gasteiger partial charge >= 0.3 is 0 Å². The zero-order chi connectivity index (χ0) is 25.8. The van der Waals surface area contributed by atoms with E-state index in [-0.39, 0.29) is 52.6 Å². The van der Waals surface area contributed by atoms with Crippen LogP contribution in [0.15, 0.2) is 40.3 Å². The first kappa shape index (κ1) is 23.9. The van der Waals surface area contributed by atoms with E-state index >= 15 is 0 Å². The lowest BCUT2D eigenvalue weighted by atomic mass is 10.1. The third kappa shape index (κ3) is 4.19. The van der Waals surface area contributed by atoms with Gasteiger partial charge in [-0.2, -0.15) is 0 Å². The van der Waals surface area contributed by atoms with Crippen molar-refractivity contribution in [3.8, 4) is 5.75 Å². The molecule has 0 bridgehead atoms. The Hall–Kier alpha value is -3.85. The molecule has 0 radical (unpaired) electrons. The fraction of sp³-hybridized carbons (Fsp3) is 0.286. The molecular weight excluding hydrogens is 505 g/mol. The Morgan fingerprint density at radius 3 is 2.64 bits per heavy atom. The molecular formula is C21H19F3N6O5S. The Labute approximate surface area is 202 Å². The summed E-state index contributed by atoms with van der Waals surface area (Å²) in [6.07, 6.45) is 2.52. The maximum Gasteiger partial charge on any atom is 0.276 e. The molecule has 36 heavy (non-hydrogen) atoms. The number of benzene rings is 1. The van der Waals surface area contributed by atoms with Crippen molar-refractivity contribution in [2.24, 2.45) is 13.0 Å². The second-order valence-electron chi connectivity index (χ2n) is 8.45. The number of aryl methyl sites for hydroxylation is 1. The van der Waals surface area contributed by atoms with Gasteiger partial charge in [0.15, 0.2) is 28.9 Å². The largest absolute Gasteiger partial charge is 0.489 e. The molecule has 11 nitrogen and oxygen atoms in total. The van der Waals surface area contributed by atoms with Gasteiger partial charge in [0.25, 0.3) is 11.5 Å². The van der Waals surface area contributed by atoms with E-state index in [2.05, 4.69) is 20.0 Å². The predicted molar refractivity (Wildman–Crippen MR) is 120 cm³/mol. The number of H-pyrrole nitrogens is 1. The number of aromatic amines is 1. The first-order valence-electron chi connectivity index (χ1n) is 10.6. The molecule has 0 unspecified atom stereocenters. The van der Waals surface area contributed by atoms with Crippen molar-refractivity contribution in [3.05, 3.63) is 64.1 Å². The van der Waals surface area contributed by atoms with Gasteiger partial charge in [-0.15, -0.1) is 0 Å². The molecule has 0 aliphatic carbocycles. The van der Waals surface area contributed by atoms with Crippen molar-refractivity contribution in [2.75, 3.05) is 29.9 Å². The van der Waals surface area contributed by atoms with Crippen LogP contribution >= 0.6 is 0 Å². The zero-order valence-electron chi connectivity index (χ0n) is 18.6. The van der Waals surface area contributed by atoms with Crippen LogP contribution < -0.4 is 25.2 Å². The molecule has 2 atom stereocenters. The number of amides is 1. The number of hydrogen-bond acceptors (Lipinski definition) is 7. The number of nitrogens with zero attached hydrogens (tertiary/aromatic N) is 3. The normalized spacial score (nSPS) is 20.6. The zero-order valence-corrected chi connectivity index (χ0v) is 19.4. The van der Waals surface area contributed by atoms with Gasteiger partial charge in [-0.25, -0.2) is 31.3 Å². The minimum atomic E-state index is -4.16. The molecule has 4 heterocycles.